The highest BCUT2D eigenvalue weighted by atomic mass is 35.5. The van der Waals surface area contributed by atoms with Crippen LogP contribution in [0, 0.1) is 0 Å². The van der Waals surface area contributed by atoms with Gasteiger partial charge in [-0.05, 0) is 24.1 Å². The Morgan fingerprint density at radius 3 is 2.76 bits per heavy atom. The van der Waals surface area contributed by atoms with Gasteiger partial charge in [0.15, 0.2) is 0 Å². The predicted octanol–water partition coefficient (Wildman–Crippen LogP) is 4.01. The van der Waals surface area contributed by atoms with Crippen LogP contribution in [0.15, 0.2) is 43.0 Å². The third kappa shape index (κ3) is 4.90. The van der Waals surface area contributed by atoms with Crippen LogP contribution in [0.5, 0.6) is 0 Å². The maximum Gasteiger partial charge on any atom is 0.306 e. The van der Waals surface area contributed by atoms with Crippen molar-refractivity contribution in [2.24, 2.45) is 0 Å². The molecule has 0 spiro atoms. The van der Waals surface area contributed by atoms with Crippen LogP contribution in [0.3, 0.4) is 0 Å². The smallest absolute Gasteiger partial charge is 0.306 e. The number of carbonyl (C=O) groups excluding carboxylic acids is 1. The quantitative estimate of drug-likeness (QED) is 0.726. The van der Waals surface area contributed by atoms with Crippen molar-refractivity contribution in [3.05, 3.63) is 53.6 Å². The van der Waals surface area contributed by atoms with E-state index in [4.69, 9.17) is 16.3 Å². The summed E-state index contributed by atoms with van der Waals surface area (Å²) in [6.45, 7) is 2.59. The van der Waals surface area contributed by atoms with Gasteiger partial charge in [-0.25, -0.2) is 4.98 Å². The molecule has 0 bridgehead atoms. The highest BCUT2D eigenvalue weighted by Crippen LogP contribution is 2.22. The normalized spacial score (nSPS) is 12.1. The monoisotopic (exact) mass is 306 g/mol. The van der Waals surface area contributed by atoms with Gasteiger partial charge in [0.25, 0.3) is 0 Å². The summed E-state index contributed by atoms with van der Waals surface area (Å²) in [4.78, 5) is 15.9. The zero-order chi connectivity index (χ0) is 15.1. The van der Waals surface area contributed by atoms with Crippen molar-refractivity contribution < 1.29 is 9.53 Å². The number of carbonyl (C=O) groups is 1. The van der Waals surface area contributed by atoms with Crippen molar-refractivity contribution >= 4 is 17.6 Å². The number of hydrogen-bond acceptors (Lipinski definition) is 3. The molecule has 1 atom stereocenters. The van der Waals surface area contributed by atoms with Crippen LogP contribution < -0.4 is 0 Å². The number of rotatable bonds is 7. The zero-order valence-corrected chi connectivity index (χ0v) is 12.8. The molecule has 2 aromatic rings. The molecule has 0 aliphatic carbocycles. The third-order valence-electron chi connectivity index (χ3n) is 3.19. The summed E-state index contributed by atoms with van der Waals surface area (Å²) in [6.07, 6.45) is 7.20. The van der Waals surface area contributed by atoms with E-state index in [1.54, 1.807) is 24.7 Å². The summed E-state index contributed by atoms with van der Waals surface area (Å²) >= 11 is 5.91. The first kappa shape index (κ1) is 15.6. The SMILES string of the molecule is CCCCC(=O)OC(Cn1ccnc1)c1ccc(Cl)cc1. The van der Waals surface area contributed by atoms with E-state index in [1.807, 2.05) is 22.9 Å². The van der Waals surface area contributed by atoms with Crippen LogP contribution in [0.4, 0.5) is 0 Å². The first-order chi connectivity index (χ1) is 10.2. The van der Waals surface area contributed by atoms with Crippen molar-refractivity contribution in [1.29, 1.82) is 0 Å². The van der Waals surface area contributed by atoms with E-state index >= 15 is 0 Å². The lowest BCUT2D eigenvalue weighted by molar-refractivity contribution is -0.150. The minimum atomic E-state index is -0.333. The molecule has 0 N–H and O–H groups in total. The Morgan fingerprint density at radius 2 is 2.14 bits per heavy atom. The van der Waals surface area contributed by atoms with E-state index < -0.39 is 0 Å². The second kappa shape index (κ2) is 7.84. The lowest BCUT2D eigenvalue weighted by Crippen LogP contribution is -2.16. The summed E-state index contributed by atoms with van der Waals surface area (Å²) in [5.41, 5.74) is 0.929. The first-order valence-electron chi connectivity index (χ1n) is 7.09. The second-order valence-corrected chi connectivity index (χ2v) is 5.33. The largest absolute Gasteiger partial charge is 0.456 e. The average Bonchev–Trinajstić information content (AvgIpc) is 2.98. The summed E-state index contributed by atoms with van der Waals surface area (Å²) in [5.74, 6) is -0.170. The Hall–Kier alpha value is -1.81. The fraction of sp³-hybridized carbons (Fsp3) is 0.375. The lowest BCUT2D eigenvalue weighted by atomic mass is 10.1. The van der Waals surface area contributed by atoms with E-state index in [0.29, 0.717) is 18.0 Å². The Morgan fingerprint density at radius 1 is 1.38 bits per heavy atom. The first-order valence-corrected chi connectivity index (χ1v) is 7.47. The van der Waals surface area contributed by atoms with Crippen molar-refractivity contribution in [2.45, 2.75) is 38.8 Å². The van der Waals surface area contributed by atoms with Crippen molar-refractivity contribution in [1.82, 2.24) is 9.55 Å². The summed E-state index contributed by atoms with van der Waals surface area (Å²) in [7, 11) is 0. The number of unbranched alkanes of at least 4 members (excludes halogenated alkanes) is 1. The van der Waals surface area contributed by atoms with Crippen molar-refractivity contribution in [2.75, 3.05) is 0 Å². The number of benzene rings is 1. The second-order valence-electron chi connectivity index (χ2n) is 4.89. The van der Waals surface area contributed by atoms with Gasteiger partial charge in [0.05, 0.1) is 12.9 Å². The Kier molecular flexibility index (Phi) is 5.81. The Balaban J connectivity index is 2.09. The van der Waals surface area contributed by atoms with Gasteiger partial charge in [-0.2, -0.15) is 0 Å². The molecular weight excluding hydrogens is 288 g/mol. The summed E-state index contributed by atoms with van der Waals surface area (Å²) in [6, 6.07) is 7.38. The van der Waals surface area contributed by atoms with Gasteiger partial charge in [0, 0.05) is 23.8 Å². The molecule has 21 heavy (non-hydrogen) atoms. The van der Waals surface area contributed by atoms with Crippen LogP contribution >= 0.6 is 11.6 Å². The minimum absolute atomic E-state index is 0.170. The Labute approximate surface area is 129 Å². The molecule has 0 aliphatic heterocycles. The average molecular weight is 307 g/mol. The molecular formula is C16H19ClN2O2. The van der Waals surface area contributed by atoms with E-state index in [2.05, 4.69) is 11.9 Å². The van der Waals surface area contributed by atoms with Crippen LogP contribution in [-0.2, 0) is 16.1 Å². The van der Waals surface area contributed by atoms with Crippen LogP contribution in [0.1, 0.15) is 37.9 Å². The maximum absolute atomic E-state index is 11.9. The standard InChI is InChI=1S/C16H19ClN2O2/c1-2-3-4-16(20)21-15(11-19-10-9-18-12-19)13-5-7-14(17)8-6-13/h5-10,12,15H,2-4,11H2,1H3. The summed E-state index contributed by atoms with van der Waals surface area (Å²) in [5, 5.41) is 0.664. The fourth-order valence-corrected chi connectivity index (χ4v) is 2.14. The molecule has 0 radical (unpaired) electrons. The van der Waals surface area contributed by atoms with Gasteiger partial charge in [-0.15, -0.1) is 0 Å². The highest BCUT2D eigenvalue weighted by Gasteiger charge is 2.17. The molecule has 5 heteroatoms. The van der Waals surface area contributed by atoms with Crippen LogP contribution in [-0.4, -0.2) is 15.5 Å². The number of halogens is 1. The maximum atomic E-state index is 11.9. The molecule has 0 saturated carbocycles. The van der Waals surface area contributed by atoms with Gasteiger partial charge in [-0.3, -0.25) is 4.79 Å². The van der Waals surface area contributed by atoms with Crippen LogP contribution in [0.25, 0.3) is 0 Å². The third-order valence-corrected chi connectivity index (χ3v) is 3.44. The highest BCUT2D eigenvalue weighted by molar-refractivity contribution is 6.30. The van der Waals surface area contributed by atoms with Gasteiger partial charge < -0.3 is 9.30 Å². The predicted molar refractivity (Wildman–Crippen MR) is 82.0 cm³/mol. The number of nitrogens with zero attached hydrogens (tertiary/aromatic N) is 2. The van der Waals surface area contributed by atoms with Crippen molar-refractivity contribution in [3.63, 3.8) is 0 Å². The summed E-state index contributed by atoms with van der Waals surface area (Å²) < 4.78 is 7.52. The molecule has 112 valence electrons. The number of esters is 1. The molecule has 0 amide bonds. The number of hydrogen-bond donors (Lipinski definition) is 0. The molecule has 0 saturated heterocycles. The fourth-order valence-electron chi connectivity index (χ4n) is 2.01. The molecule has 0 aliphatic rings. The minimum Gasteiger partial charge on any atom is -0.456 e. The van der Waals surface area contributed by atoms with E-state index in [9.17, 15) is 4.79 Å². The van der Waals surface area contributed by atoms with Crippen molar-refractivity contribution in [3.8, 4) is 0 Å². The number of aromatic nitrogens is 2. The van der Waals surface area contributed by atoms with Gasteiger partial charge >= 0.3 is 5.97 Å². The van der Waals surface area contributed by atoms with E-state index in [-0.39, 0.29) is 12.1 Å². The topological polar surface area (TPSA) is 44.1 Å². The molecule has 1 aromatic carbocycles. The molecule has 0 fully saturated rings. The van der Waals surface area contributed by atoms with Gasteiger partial charge in [0.2, 0.25) is 0 Å². The Bertz CT molecular complexity index is 552. The zero-order valence-electron chi connectivity index (χ0n) is 12.0. The van der Waals surface area contributed by atoms with E-state index in [1.165, 1.54) is 0 Å². The molecule has 2 rings (SSSR count). The molecule has 4 nitrogen and oxygen atoms in total. The van der Waals surface area contributed by atoms with E-state index in [0.717, 1.165) is 18.4 Å². The number of imidazole rings is 1. The lowest BCUT2D eigenvalue weighted by Gasteiger charge is -2.19. The molecule has 1 aromatic heterocycles. The van der Waals surface area contributed by atoms with Gasteiger partial charge in [-0.1, -0.05) is 37.1 Å². The van der Waals surface area contributed by atoms with Gasteiger partial charge in [0.1, 0.15) is 6.10 Å². The number of ether oxygens (including phenoxy) is 1. The molecule has 1 unspecified atom stereocenters. The molecule has 1 heterocycles. The van der Waals surface area contributed by atoms with Crippen LogP contribution in [0.2, 0.25) is 5.02 Å².